The minimum absolute atomic E-state index is 0.134. The van der Waals surface area contributed by atoms with Crippen LogP contribution in [0.15, 0.2) is 33.7 Å². The molecule has 0 aliphatic heterocycles. The molecule has 0 saturated carbocycles. The first-order chi connectivity index (χ1) is 9.06. The molecule has 2 rings (SSSR count). The summed E-state index contributed by atoms with van der Waals surface area (Å²) in [5.41, 5.74) is 1.25. The number of aryl methyl sites for hydroxylation is 1. The van der Waals surface area contributed by atoms with Crippen molar-refractivity contribution >= 4 is 11.8 Å². The SMILES string of the molecule is Cc1ccc(SCc2noc(C(C)C(C)O)n2)cc1. The standard InChI is InChI=1S/C14H18N2O2S/c1-9-4-6-12(7-5-9)19-8-13-15-14(18-16-13)10(2)11(3)17/h4-7,10-11,17H,8H2,1-3H3. The second-order valence-corrected chi connectivity index (χ2v) is 5.73. The summed E-state index contributed by atoms with van der Waals surface area (Å²) in [6, 6.07) is 8.33. The van der Waals surface area contributed by atoms with Crippen molar-refractivity contribution in [2.24, 2.45) is 0 Å². The molecule has 2 unspecified atom stereocenters. The normalized spacial score (nSPS) is 14.3. The molecular formula is C14H18N2O2S. The van der Waals surface area contributed by atoms with Crippen molar-refractivity contribution in [3.63, 3.8) is 0 Å². The summed E-state index contributed by atoms with van der Waals surface area (Å²) in [5.74, 6) is 1.69. The van der Waals surface area contributed by atoms with Gasteiger partial charge in [-0.15, -0.1) is 11.8 Å². The van der Waals surface area contributed by atoms with E-state index >= 15 is 0 Å². The maximum Gasteiger partial charge on any atom is 0.232 e. The minimum Gasteiger partial charge on any atom is -0.393 e. The van der Waals surface area contributed by atoms with Crippen LogP contribution in [0, 0.1) is 6.92 Å². The second kappa shape index (κ2) is 6.21. The van der Waals surface area contributed by atoms with Crippen molar-refractivity contribution in [2.45, 2.75) is 43.4 Å². The molecule has 1 heterocycles. The molecule has 19 heavy (non-hydrogen) atoms. The Bertz CT molecular complexity index is 522. The van der Waals surface area contributed by atoms with Crippen LogP contribution in [0.3, 0.4) is 0 Å². The largest absolute Gasteiger partial charge is 0.393 e. The van der Waals surface area contributed by atoms with Crippen molar-refractivity contribution < 1.29 is 9.63 Å². The number of aliphatic hydroxyl groups is 1. The average Bonchev–Trinajstić information content (AvgIpc) is 2.86. The van der Waals surface area contributed by atoms with Gasteiger partial charge in [-0.3, -0.25) is 0 Å². The van der Waals surface area contributed by atoms with E-state index in [4.69, 9.17) is 4.52 Å². The Morgan fingerprint density at radius 3 is 2.58 bits per heavy atom. The molecule has 0 aliphatic carbocycles. The zero-order chi connectivity index (χ0) is 13.8. The van der Waals surface area contributed by atoms with Crippen LogP contribution >= 0.6 is 11.8 Å². The summed E-state index contributed by atoms with van der Waals surface area (Å²) in [4.78, 5) is 5.49. The number of hydrogen-bond donors (Lipinski definition) is 1. The molecule has 0 radical (unpaired) electrons. The number of rotatable bonds is 5. The average molecular weight is 278 g/mol. The van der Waals surface area contributed by atoms with E-state index in [2.05, 4.69) is 41.3 Å². The van der Waals surface area contributed by atoms with Gasteiger partial charge in [-0.05, 0) is 26.0 Å². The van der Waals surface area contributed by atoms with E-state index in [0.29, 0.717) is 17.5 Å². The van der Waals surface area contributed by atoms with Gasteiger partial charge in [-0.25, -0.2) is 0 Å². The first kappa shape index (κ1) is 14.1. The number of aliphatic hydroxyl groups excluding tert-OH is 1. The summed E-state index contributed by atoms with van der Waals surface area (Å²) in [6.45, 7) is 5.65. The number of benzene rings is 1. The fourth-order valence-electron chi connectivity index (χ4n) is 1.50. The summed E-state index contributed by atoms with van der Waals surface area (Å²) < 4.78 is 5.16. The zero-order valence-electron chi connectivity index (χ0n) is 11.3. The molecule has 1 N–H and O–H groups in total. The molecule has 0 amide bonds. The van der Waals surface area contributed by atoms with Gasteiger partial charge in [0, 0.05) is 4.90 Å². The predicted octanol–water partition coefficient (Wildman–Crippen LogP) is 3.15. The highest BCUT2D eigenvalue weighted by Gasteiger charge is 2.18. The molecule has 1 aromatic heterocycles. The number of aromatic nitrogens is 2. The Kier molecular flexibility index (Phi) is 4.61. The summed E-state index contributed by atoms with van der Waals surface area (Å²) >= 11 is 1.67. The molecule has 0 fully saturated rings. The quantitative estimate of drug-likeness (QED) is 0.851. The summed E-state index contributed by atoms with van der Waals surface area (Å²) in [6.07, 6.45) is -0.488. The number of nitrogens with zero attached hydrogens (tertiary/aromatic N) is 2. The van der Waals surface area contributed by atoms with E-state index in [0.717, 1.165) is 0 Å². The smallest absolute Gasteiger partial charge is 0.232 e. The van der Waals surface area contributed by atoms with Gasteiger partial charge in [0.2, 0.25) is 5.89 Å². The highest BCUT2D eigenvalue weighted by Crippen LogP contribution is 2.23. The van der Waals surface area contributed by atoms with Crippen molar-refractivity contribution in [1.29, 1.82) is 0 Å². The van der Waals surface area contributed by atoms with Crippen LogP contribution in [0.5, 0.6) is 0 Å². The van der Waals surface area contributed by atoms with Crippen LogP contribution in [0.1, 0.15) is 37.0 Å². The van der Waals surface area contributed by atoms with Crippen molar-refractivity contribution in [2.75, 3.05) is 0 Å². The van der Waals surface area contributed by atoms with Crippen molar-refractivity contribution in [3.8, 4) is 0 Å². The van der Waals surface area contributed by atoms with Crippen LogP contribution in [-0.2, 0) is 5.75 Å². The van der Waals surface area contributed by atoms with Gasteiger partial charge < -0.3 is 9.63 Å². The number of hydrogen-bond acceptors (Lipinski definition) is 5. The van der Waals surface area contributed by atoms with Crippen LogP contribution < -0.4 is 0 Å². The van der Waals surface area contributed by atoms with Gasteiger partial charge in [-0.2, -0.15) is 4.98 Å². The molecule has 5 heteroatoms. The molecule has 102 valence electrons. The van der Waals surface area contributed by atoms with Gasteiger partial charge in [-0.1, -0.05) is 29.8 Å². The Labute approximate surface area is 117 Å². The first-order valence-electron chi connectivity index (χ1n) is 6.26. The van der Waals surface area contributed by atoms with Crippen molar-refractivity contribution in [1.82, 2.24) is 10.1 Å². The van der Waals surface area contributed by atoms with E-state index in [9.17, 15) is 5.11 Å². The highest BCUT2D eigenvalue weighted by atomic mass is 32.2. The molecule has 1 aromatic carbocycles. The van der Waals surface area contributed by atoms with Gasteiger partial charge >= 0.3 is 0 Å². The molecular weight excluding hydrogens is 260 g/mol. The second-order valence-electron chi connectivity index (χ2n) is 4.68. The summed E-state index contributed by atoms with van der Waals surface area (Å²) in [7, 11) is 0. The lowest BCUT2D eigenvalue weighted by molar-refractivity contribution is 0.151. The highest BCUT2D eigenvalue weighted by molar-refractivity contribution is 7.98. The third-order valence-electron chi connectivity index (χ3n) is 2.99. The first-order valence-corrected chi connectivity index (χ1v) is 7.25. The Hall–Kier alpha value is -1.33. The van der Waals surface area contributed by atoms with E-state index < -0.39 is 6.10 Å². The van der Waals surface area contributed by atoms with E-state index in [1.807, 2.05) is 6.92 Å². The topological polar surface area (TPSA) is 59.2 Å². The molecule has 4 nitrogen and oxygen atoms in total. The Morgan fingerprint density at radius 2 is 1.95 bits per heavy atom. The van der Waals surface area contributed by atoms with E-state index in [1.54, 1.807) is 18.7 Å². The lowest BCUT2D eigenvalue weighted by Crippen LogP contribution is -2.11. The molecule has 0 aliphatic rings. The molecule has 0 bridgehead atoms. The van der Waals surface area contributed by atoms with Crippen LogP contribution in [0.4, 0.5) is 0 Å². The maximum absolute atomic E-state index is 9.48. The molecule has 2 aromatic rings. The van der Waals surface area contributed by atoms with Crippen LogP contribution in [0.2, 0.25) is 0 Å². The maximum atomic E-state index is 9.48. The predicted molar refractivity (Wildman–Crippen MR) is 75.1 cm³/mol. The van der Waals surface area contributed by atoms with E-state index in [-0.39, 0.29) is 5.92 Å². The van der Waals surface area contributed by atoms with Crippen LogP contribution in [0.25, 0.3) is 0 Å². The van der Waals surface area contributed by atoms with E-state index in [1.165, 1.54) is 10.5 Å². The van der Waals surface area contributed by atoms with Gasteiger partial charge in [0.1, 0.15) is 0 Å². The lowest BCUT2D eigenvalue weighted by atomic mass is 10.1. The summed E-state index contributed by atoms with van der Waals surface area (Å²) in [5, 5.41) is 13.4. The Balaban J connectivity index is 1.95. The monoisotopic (exact) mass is 278 g/mol. The van der Waals surface area contributed by atoms with Crippen LogP contribution in [-0.4, -0.2) is 21.4 Å². The zero-order valence-corrected chi connectivity index (χ0v) is 12.1. The van der Waals surface area contributed by atoms with Crippen molar-refractivity contribution in [3.05, 3.63) is 41.5 Å². The van der Waals surface area contributed by atoms with Gasteiger partial charge in [0.15, 0.2) is 5.82 Å². The fourth-order valence-corrected chi connectivity index (χ4v) is 2.24. The molecule has 0 saturated heterocycles. The number of thioether (sulfide) groups is 1. The lowest BCUT2D eigenvalue weighted by Gasteiger charge is -2.07. The molecule has 0 spiro atoms. The fraction of sp³-hybridized carbons (Fsp3) is 0.429. The van der Waals surface area contributed by atoms with Gasteiger partial charge in [0.05, 0.1) is 17.8 Å². The Morgan fingerprint density at radius 1 is 1.26 bits per heavy atom. The third kappa shape index (κ3) is 3.81. The molecule has 2 atom stereocenters. The van der Waals surface area contributed by atoms with Gasteiger partial charge in [0.25, 0.3) is 0 Å². The third-order valence-corrected chi connectivity index (χ3v) is 3.99. The minimum atomic E-state index is -0.488.